The molecule has 0 amide bonds. The quantitative estimate of drug-likeness (QED) is 0.827. The second kappa shape index (κ2) is 4.48. The number of hydrogen-bond acceptors (Lipinski definition) is 2. The normalized spacial score (nSPS) is 11.5. The van der Waals surface area contributed by atoms with Gasteiger partial charge in [-0.25, -0.2) is 0 Å². The molecule has 1 aromatic carbocycles. The monoisotopic (exact) mass is 242 g/mol. The van der Waals surface area contributed by atoms with Gasteiger partial charge in [0, 0.05) is 12.4 Å². The molecule has 0 radical (unpaired) electrons. The molecule has 0 atom stereocenters. The fourth-order valence-corrected chi connectivity index (χ4v) is 1.38. The average molecular weight is 242 g/mol. The summed E-state index contributed by atoms with van der Waals surface area (Å²) in [4.78, 5) is 0. The summed E-state index contributed by atoms with van der Waals surface area (Å²) in [6, 6.07) is 7.49. The minimum absolute atomic E-state index is 0.221. The largest absolute Gasteiger partial charge is 0.573 e. The van der Waals surface area contributed by atoms with Gasteiger partial charge in [0.25, 0.3) is 0 Å². The zero-order chi connectivity index (χ0) is 12.3. The molecule has 6 heteroatoms. The van der Waals surface area contributed by atoms with E-state index in [1.54, 1.807) is 35.3 Å². The third-order valence-corrected chi connectivity index (χ3v) is 2.06. The van der Waals surface area contributed by atoms with Crippen LogP contribution in [-0.2, 0) is 6.54 Å². The molecule has 17 heavy (non-hydrogen) atoms. The molecule has 0 saturated heterocycles. The fourth-order valence-electron chi connectivity index (χ4n) is 1.38. The third-order valence-electron chi connectivity index (χ3n) is 2.06. The van der Waals surface area contributed by atoms with E-state index in [9.17, 15) is 13.2 Å². The van der Waals surface area contributed by atoms with E-state index in [0.29, 0.717) is 6.54 Å². The molecule has 2 rings (SSSR count). The summed E-state index contributed by atoms with van der Waals surface area (Å²) in [7, 11) is 0. The maximum atomic E-state index is 11.9. The molecule has 0 N–H and O–H groups in total. The van der Waals surface area contributed by atoms with Crippen molar-refractivity contribution in [3.8, 4) is 5.75 Å². The van der Waals surface area contributed by atoms with E-state index < -0.39 is 6.36 Å². The summed E-state index contributed by atoms with van der Waals surface area (Å²) in [5.41, 5.74) is 0.850. The number of hydrogen-bond donors (Lipinski definition) is 0. The lowest BCUT2D eigenvalue weighted by Crippen LogP contribution is -2.17. The number of alkyl halides is 3. The molecule has 1 aromatic heterocycles. The molecular weight excluding hydrogens is 233 g/mol. The Morgan fingerprint density at radius 2 is 1.88 bits per heavy atom. The van der Waals surface area contributed by atoms with Crippen molar-refractivity contribution in [2.75, 3.05) is 0 Å². The summed E-state index contributed by atoms with van der Waals surface area (Å²) < 4.78 is 41.2. The van der Waals surface area contributed by atoms with Gasteiger partial charge < -0.3 is 4.74 Å². The Morgan fingerprint density at radius 1 is 1.18 bits per heavy atom. The zero-order valence-corrected chi connectivity index (χ0v) is 8.69. The third kappa shape index (κ3) is 3.51. The Labute approximate surface area is 95.4 Å². The van der Waals surface area contributed by atoms with Crippen molar-refractivity contribution < 1.29 is 17.9 Å². The van der Waals surface area contributed by atoms with Gasteiger partial charge in [0.1, 0.15) is 5.75 Å². The first-order valence-electron chi connectivity index (χ1n) is 4.85. The Hall–Kier alpha value is -1.98. The first-order chi connectivity index (χ1) is 8.03. The molecule has 2 aromatic rings. The van der Waals surface area contributed by atoms with Crippen molar-refractivity contribution in [2.24, 2.45) is 0 Å². The predicted octanol–water partition coefficient (Wildman–Crippen LogP) is 2.83. The lowest BCUT2D eigenvalue weighted by atomic mass is 10.2. The van der Waals surface area contributed by atoms with E-state index in [1.807, 2.05) is 0 Å². The number of rotatable bonds is 3. The number of aromatic nitrogens is 2. The minimum atomic E-state index is -4.65. The summed E-state index contributed by atoms with van der Waals surface area (Å²) in [5, 5.41) is 4.00. The predicted molar refractivity (Wildman–Crippen MR) is 54.5 cm³/mol. The van der Waals surface area contributed by atoms with Gasteiger partial charge in [0.2, 0.25) is 0 Å². The van der Waals surface area contributed by atoms with Crippen molar-refractivity contribution >= 4 is 0 Å². The first kappa shape index (κ1) is 11.5. The average Bonchev–Trinajstić information content (AvgIpc) is 2.71. The molecule has 1 heterocycles. The number of benzene rings is 1. The standard InChI is InChI=1S/C11H9F3N2O/c12-11(13,14)17-10-4-2-9(3-5-10)8-16-7-1-6-15-16/h1-7H,8H2. The van der Waals surface area contributed by atoms with E-state index in [1.165, 1.54) is 12.1 Å². The number of nitrogens with zero attached hydrogens (tertiary/aromatic N) is 2. The minimum Gasteiger partial charge on any atom is -0.406 e. The number of halogens is 3. The highest BCUT2D eigenvalue weighted by Crippen LogP contribution is 2.22. The highest BCUT2D eigenvalue weighted by Gasteiger charge is 2.30. The molecule has 0 aliphatic rings. The van der Waals surface area contributed by atoms with Crippen molar-refractivity contribution in [1.29, 1.82) is 0 Å². The fraction of sp³-hybridized carbons (Fsp3) is 0.182. The van der Waals surface area contributed by atoms with Gasteiger partial charge in [0.05, 0.1) is 6.54 Å². The molecule has 0 aliphatic heterocycles. The van der Waals surface area contributed by atoms with Crippen LogP contribution in [0.25, 0.3) is 0 Å². The van der Waals surface area contributed by atoms with Gasteiger partial charge in [0.15, 0.2) is 0 Å². The van der Waals surface area contributed by atoms with Crippen molar-refractivity contribution in [1.82, 2.24) is 9.78 Å². The second-order valence-corrected chi connectivity index (χ2v) is 3.40. The lowest BCUT2D eigenvalue weighted by Gasteiger charge is -2.09. The van der Waals surface area contributed by atoms with Gasteiger partial charge in [-0.05, 0) is 23.8 Å². The molecule has 0 fully saturated rings. The summed E-state index contributed by atoms with van der Waals surface area (Å²) in [6.45, 7) is 0.513. The molecular formula is C11H9F3N2O. The summed E-state index contributed by atoms with van der Waals surface area (Å²) in [6.07, 6.45) is -1.23. The van der Waals surface area contributed by atoms with Crippen molar-refractivity contribution in [3.63, 3.8) is 0 Å². The lowest BCUT2D eigenvalue weighted by molar-refractivity contribution is -0.274. The topological polar surface area (TPSA) is 27.1 Å². The van der Waals surface area contributed by atoms with Crippen LogP contribution < -0.4 is 4.74 Å². The van der Waals surface area contributed by atoms with Crippen LogP contribution in [0.1, 0.15) is 5.56 Å². The van der Waals surface area contributed by atoms with Crippen molar-refractivity contribution in [3.05, 3.63) is 48.3 Å². The second-order valence-electron chi connectivity index (χ2n) is 3.40. The van der Waals surface area contributed by atoms with Crippen LogP contribution in [0.15, 0.2) is 42.7 Å². The first-order valence-corrected chi connectivity index (χ1v) is 4.85. The Balaban J connectivity index is 2.03. The molecule has 0 unspecified atom stereocenters. The smallest absolute Gasteiger partial charge is 0.406 e. The molecule has 90 valence electrons. The van der Waals surface area contributed by atoms with Crippen LogP contribution in [-0.4, -0.2) is 16.1 Å². The van der Waals surface area contributed by atoms with Gasteiger partial charge in [-0.1, -0.05) is 12.1 Å². The Morgan fingerprint density at radius 3 is 2.41 bits per heavy atom. The van der Waals surface area contributed by atoms with E-state index in [2.05, 4.69) is 9.84 Å². The van der Waals surface area contributed by atoms with Crippen LogP contribution in [0, 0.1) is 0 Å². The van der Waals surface area contributed by atoms with Gasteiger partial charge in [-0.2, -0.15) is 5.10 Å². The maximum Gasteiger partial charge on any atom is 0.573 e. The summed E-state index contributed by atoms with van der Waals surface area (Å²) >= 11 is 0. The maximum absolute atomic E-state index is 11.9. The van der Waals surface area contributed by atoms with E-state index in [-0.39, 0.29) is 5.75 Å². The summed E-state index contributed by atoms with van der Waals surface area (Å²) in [5.74, 6) is -0.221. The molecule has 0 saturated carbocycles. The van der Waals surface area contributed by atoms with E-state index >= 15 is 0 Å². The molecule has 3 nitrogen and oxygen atoms in total. The number of ether oxygens (including phenoxy) is 1. The van der Waals surface area contributed by atoms with Crippen LogP contribution in [0.4, 0.5) is 13.2 Å². The van der Waals surface area contributed by atoms with Crippen molar-refractivity contribution in [2.45, 2.75) is 12.9 Å². The van der Waals surface area contributed by atoms with E-state index in [0.717, 1.165) is 5.56 Å². The van der Waals surface area contributed by atoms with Crippen LogP contribution in [0.2, 0.25) is 0 Å². The van der Waals surface area contributed by atoms with Crippen LogP contribution in [0.5, 0.6) is 5.75 Å². The highest BCUT2D eigenvalue weighted by molar-refractivity contribution is 5.27. The molecule has 0 aliphatic carbocycles. The van der Waals surface area contributed by atoms with Gasteiger partial charge in [-0.3, -0.25) is 4.68 Å². The Bertz CT molecular complexity index is 462. The molecule has 0 spiro atoms. The molecule has 0 bridgehead atoms. The van der Waals surface area contributed by atoms with Gasteiger partial charge in [-0.15, -0.1) is 13.2 Å². The van der Waals surface area contributed by atoms with Gasteiger partial charge >= 0.3 is 6.36 Å². The van der Waals surface area contributed by atoms with Crippen LogP contribution in [0.3, 0.4) is 0 Å². The zero-order valence-electron chi connectivity index (χ0n) is 8.69. The Kier molecular flexibility index (Phi) is 3.03. The van der Waals surface area contributed by atoms with Crippen LogP contribution >= 0.6 is 0 Å². The highest BCUT2D eigenvalue weighted by atomic mass is 19.4. The van der Waals surface area contributed by atoms with E-state index in [4.69, 9.17) is 0 Å². The SMILES string of the molecule is FC(F)(F)Oc1ccc(Cn2cccn2)cc1.